The van der Waals surface area contributed by atoms with Gasteiger partial charge in [-0.1, -0.05) is 36.1 Å². The minimum absolute atomic E-state index is 0.0406. The molecule has 0 spiro atoms. The molecular formula is C28H27NO5S. The Morgan fingerprint density at radius 1 is 1.06 bits per heavy atom. The molecule has 1 saturated carbocycles. The van der Waals surface area contributed by atoms with E-state index in [1.807, 2.05) is 11.0 Å². The number of sulfone groups is 1. The lowest BCUT2D eigenvalue weighted by atomic mass is 9.96. The Kier molecular flexibility index (Phi) is 6.24. The molecule has 2 fully saturated rings. The summed E-state index contributed by atoms with van der Waals surface area (Å²) >= 11 is 0. The van der Waals surface area contributed by atoms with E-state index >= 15 is 0 Å². The molecule has 0 radical (unpaired) electrons. The number of nitrogens with zero attached hydrogens (tertiary/aromatic N) is 1. The number of carbonyl (C=O) groups is 1. The van der Waals surface area contributed by atoms with Crippen molar-refractivity contribution < 1.29 is 17.6 Å². The van der Waals surface area contributed by atoms with E-state index in [0.29, 0.717) is 33.6 Å². The van der Waals surface area contributed by atoms with Crippen LogP contribution in [0.2, 0.25) is 0 Å². The minimum atomic E-state index is -3.12. The van der Waals surface area contributed by atoms with Crippen molar-refractivity contribution in [2.45, 2.75) is 31.4 Å². The highest BCUT2D eigenvalue weighted by Gasteiger charge is 2.34. The van der Waals surface area contributed by atoms with E-state index in [1.54, 1.807) is 36.4 Å². The van der Waals surface area contributed by atoms with Crippen LogP contribution in [0.4, 0.5) is 0 Å². The third kappa shape index (κ3) is 5.49. The van der Waals surface area contributed by atoms with Gasteiger partial charge in [0.15, 0.2) is 15.3 Å². The summed E-state index contributed by atoms with van der Waals surface area (Å²) in [7, 11) is -3.12. The molecule has 5 rings (SSSR count). The van der Waals surface area contributed by atoms with Crippen LogP contribution in [0.1, 0.15) is 36.8 Å². The van der Waals surface area contributed by atoms with Crippen molar-refractivity contribution in [1.82, 2.24) is 4.90 Å². The van der Waals surface area contributed by atoms with E-state index in [4.69, 9.17) is 4.42 Å². The highest BCUT2D eigenvalue weighted by atomic mass is 32.2. The van der Waals surface area contributed by atoms with Crippen LogP contribution in [0.15, 0.2) is 57.9 Å². The summed E-state index contributed by atoms with van der Waals surface area (Å²) in [5.41, 5.74) is 2.89. The summed E-state index contributed by atoms with van der Waals surface area (Å²) in [5, 5.41) is 0.472. The number of piperidine rings is 1. The first kappa shape index (κ1) is 23.4. The van der Waals surface area contributed by atoms with Crippen molar-refractivity contribution in [1.29, 1.82) is 0 Å². The first-order valence-corrected chi connectivity index (χ1v) is 14.0. The van der Waals surface area contributed by atoms with Gasteiger partial charge in [-0.2, -0.15) is 0 Å². The van der Waals surface area contributed by atoms with Gasteiger partial charge in [0, 0.05) is 36.7 Å². The summed E-state index contributed by atoms with van der Waals surface area (Å²) < 4.78 is 28.8. The van der Waals surface area contributed by atoms with Gasteiger partial charge in [-0.3, -0.25) is 9.59 Å². The van der Waals surface area contributed by atoms with Crippen LogP contribution in [-0.4, -0.2) is 38.6 Å². The molecule has 2 aliphatic rings. The number of amides is 1. The van der Waals surface area contributed by atoms with E-state index in [-0.39, 0.29) is 23.0 Å². The van der Waals surface area contributed by atoms with Crippen molar-refractivity contribution in [3.63, 3.8) is 0 Å². The molecule has 0 N–H and O–H groups in total. The molecule has 35 heavy (non-hydrogen) atoms. The molecule has 3 aromatic rings. The first-order chi connectivity index (χ1) is 16.8. The second-order valence-electron chi connectivity index (χ2n) is 9.60. The zero-order valence-electron chi connectivity index (χ0n) is 19.6. The standard InChI is InChI=1S/C28H27NO5S/c1-35(32,33)18-21-4-7-22(8-5-21)25-17-34-26-16-20(6-11-24(26)27(25)30)3-2-19-12-14-29(15-13-19)28(31)23-9-10-23/h4-8,11,16-17,19,23H,9-10,12-15,18H2,1H3. The molecule has 180 valence electrons. The Labute approximate surface area is 204 Å². The van der Waals surface area contributed by atoms with Gasteiger partial charge in [-0.25, -0.2) is 8.42 Å². The van der Waals surface area contributed by atoms with Crippen LogP contribution in [0.25, 0.3) is 22.1 Å². The molecule has 1 saturated heterocycles. The van der Waals surface area contributed by atoms with Gasteiger partial charge in [-0.15, -0.1) is 0 Å². The maximum absolute atomic E-state index is 13.1. The fourth-order valence-electron chi connectivity index (χ4n) is 4.51. The summed E-state index contributed by atoms with van der Waals surface area (Å²) in [4.78, 5) is 27.3. The lowest BCUT2D eigenvalue weighted by Crippen LogP contribution is -2.39. The molecule has 7 heteroatoms. The number of carbonyl (C=O) groups excluding carboxylic acids is 1. The minimum Gasteiger partial charge on any atom is -0.463 e. The maximum Gasteiger partial charge on any atom is 0.225 e. The van der Waals surface area contributed by atoms with Crippen LogP contribution in [0, 0.1) is 23.7 Å². The van der Waals surface area contributed by atoms with Gasteiger partial charge in [0.1, 0.15) is 11.8 Å². The molecular weight excluding hydrogens is 462 g/mol. The number of rotatable bonds is 4. The SMILES string of the molecule is CS(=O)(=O)Cc1ccc(-c2coc3cc(C#CC4CCN(C(=O)C5CC5)CC4)ccc3c2=O)cc1. The smallest absolute Gasteiger partial charge is 0.225 e. The number of likely N-dealkylation sites (tertiary alicyclic amines) is 1. The highest BCUT2D eigenvalue weighted by Crippen LogP contribution is 2.32. The Balaban J connectivity index is 1.30. The lowest BCUT2D eigenvalue weighted by Gasteiger charge is -2.30. The molecule has 6 nitrogen and oxygen atoms in total. The zero-order valence-corrected chi connectivity index (χ0v) is 20.4. The van der Waals surface area contributed by atoms with Crippen LogP contribution in [0.5, 0.6) is 0 Å². The van der Waals surface area contributed by atoms with Crippen molar-refractivity contribution in [3.8, 4) is 23.0 Å². The molecule has 1 amide bonds. The molecule has 0 unspecified atom stereocenters. The maximum atomic E-state index is 13.1. The van der Waals surface area contributed by atoms with E-state index in [1.165, 1.54) is 12.5 Å². The van der Waals surface area contributed by atoms with Crippen LogP contribution in [0.3, 0.4) is 0 Å². The van der Waals surface area contributed by atoms with Gasteiger partial charge in [0.05, 0.1) is 16.7 Å². The Hall–Kier alpha value is -3.37. The molecule has 2 aromatic carbocycles. The predicted molar refractivity (Wildman–Crippen MR) is 135 cm³/mol. The third-order valence-electron chi connectivity index (χ3n) is 6.62. The van der Waals surface area contributed by atoms with Crippen molar-refractivity contribution in [2.75, 3.05) is 19.3 Å². The van der Waals surface area contributed by atoms with Gasteiger partial charge < -0.3 is 9.32 Å². The van der Waals surface area contributed by atoms with E-state index in [9.17, 15) is 18.0 Å². The van der Waals surface area contributed by atoms with E-state index in [0.717, 1.165) is 44.3 Å². The number of fused-ring (bicyclic) bond motifs is 1. The van der Waals surface area contributed by atoms with Crippen molar-refractivity contribution >= 4 is 26.7 Å². The average molecular weight is 490 g/mol. The Morgan fingerprint density at radius 3 is 2.43 bits per heavy atom. The molecule has 1 aromatic heterocycles. The van der Waals surface area contributed by atoms with Crippen molar-refractivity contribution in [2.24, 2.45) is 11.8 Å². The molecule has 0 atom stereocenters. The fourth-order valence-corrected chi connectivity index (χ4v) is 5.30. The highest BCUT2D eigenvalue weighted by molar-refractivity contribution is 7.89. The number of benzene rings is 2. The largest absolute Gasteiger partial charge is 0.463 e. The topological polar surface area (TPSA) is 84.7 Å². The van der Waals surface area contributed by atoms with Gasteiger partial charge in [0.25, 0.3) is 0 Å². The normalized spacial score (nSPS) is 16.7. The molecule has 0 bridgehead atoms. The zero-order chi connectivity index (χ0) is 24.6. The van der Waals surface area contributed by atoms with Gasteiger partial charge >= 0.3 is 0 Å². The summed E-state index contributed by atoms with van der Waals surface area (Å²) in [6.45, 7) is 1.55. The fraction of sp³-hybridized carbons (Fsp3) is 0.357. The first-order valence-electron chi connectivity index (χ1n) is 11.9. The Morgan fingerprint density at radius 2 is 1.77 bits per heavy atom. The molecule has 1 aliphatic carbocycles. The van der Waals surface area contributed by atoms with Crippen LogP contribution >= 0.6 is 0 Å². The molecule has 2 heterocycles. The summed E-state index contributed by atoms with van der Waals surface area (Å²) in [6, 6.07) is 12.3. The van der Waals surface area contributed by atoms with Crippen LogP contribution < -0.4 is 5.43 Å². The monoisotopic (exact) mass is 489 g/mol. The Bertz CT molecular complexity index is 1500. The van der Waals surface area contributed by atoms with Crippen LogP contribution in [-0.2, 0) is 20.4 Å². The van der Waals surface area contributed by atoms with E-state index < -0.39 is 9.84 Å². The second kappa shape index (κ2) is 9.35. The van der Waals surface area contributed by atoms with Crippen molar-refractivity contribution in [3.05, 3.63) is 70.1 Å². The summed E-state index contributed by atoms with van der Waals surface area (Å²) in [6.07, 6.45) is 6.49. The number of hydrogen-bond donors (Lipinski definition) is 0. The van der Waals surface area contributed by atoms with Gasteiger partial charge in [-0.05, 0) is 55.0 Å². The number of hydrogen-bond acceptors (Lipinski definition) is 5. The predicted octanol–water partition coefficient (Wildman–Crippen LogP) is 4.00. The van der Waals surface area contributed by atoms with Gasteiger partial charge in [0.2, 0.25) is 5.91 Å². The van der Waals surface area contributed by atoms with E-state index in [2.05, 4.69) is 11.8 Å². The quantitative estimate of drug-likeness (QED) is 0.517. The molecule has 1 aliphatic heterocycles. The average Bonchev–Trinajstić information content (AvgIpc) is 3.68. The third-order valence-corrected chi connectivity index (χ3v) is 7.48. The second-order valence-corrected chi connectivity index (χ2v) is 11.7. The summed E-state index contributed by atoms with van der Waals surface area (Å²) in [5.74, 6) is 7.34. The lowest BCUT2D eigenvalue weighted by molar-refractivity contribution is -0.133.